The van der Waals surface area contributed by atoms with Crippen LogP contribution in [0.1, 0.15) is 89.2 Å². The molecule has 16 heteroatoms. The lowest BCUT2D eigenvalue weighted by molar-refractivity contribution is -0.346. The number of benzene rings is 2. The Morgan fingerprint density at radius 1 is 0.902 bits per heavy atom. The van der Waals surface area contributed by atoms with Crippen LogP contribution in [-0.4, -0.2) is 118 Å². The van der Waals surface area contributed by atoms with E-state index in [1.54, 1.807) is 62.4 Å². The molecular formula is C45H53NO15. The largest absolute Gasteiger partial charge is 0.456 e. The minimum Gasteiger partial charge on any atom is -0.456 e. The molecule has 2 aromatic rings. The molecule has 2 aliphatic heterocycles. The summed E-state index contributed by atoms with van der Waals surface area (Å²) in [5.74, 6) is -6.77. The van der Waals surface area contributed by atoms with Crippen molar-refractivity contribution in [1.82, 2.24) is 5.32 Å². The van der Waals surface area contributed by atoms with Gasteiger partial charge in [-0.05, 0) is 55.5 Å². The number of esters is 4. The van der Waals surface area contributed by atoms with Crippen molar-refractivity contribution in [3.63, 3.8) is 0 Å². The zero-order valence-corrected chi connectivity index (χ0v) is 35.0. The monoisotopic (exact) mass is 847 g/mol. The third-order valence-corrected chi connectivity index (χ3v) is 13.7. The SMILES string of the molecule is CC(=O)O[C@H]1C(=O)[C@]2(C)[C@@H](O)C[C@H]3OC[C@]3(OC(C)=O)[C@@H]2[C@@H](OC(=O)c2ccccc2)[C@]2(O)C[C@@H](OC(=O)[C@H](O)[C@@H](NC(=O)C3CCCO3)c3ccccc3)C(C)=C1C2(C)C. The van der Waals surface area contributed by atoms with Gasteiger partial charge in [0, 0.05) is 38.7 Å². The number of carbonyl (C=O) groups is 6. The summed E-state index contributed by atoms with van der Waals surface area (Å²) in [4.78, 5) is 83.2. The Morgan fingerprint density at radius 3 is 2.13 bits per heavy atom. The lowest BCUT2D eigenvalue weighted by Crippen LogP contribution is -2.82. The number of hydrogen-bond acceptors (Lipinski definition) is 15. The highest BCUT2D eigenvalue weighted by atomic mass is 16.6. The number of rotatable bonds is 10. The standard InChI is InChI=1S/C45H53NO15/c1-23-29(59-41(54)34(50)33(26-14-9-7-10-15-26)46-39(52)28-18-13-19-56-28)21-45(55)38(60-40(53)27-16-11-8-12-17-27)36-43(6,30(49)20-31-44(36,22-57-31)61-25(3)48)37(51)35(58-24(2)47)32(23)42(45,4)5/h7-12,14-17,28-31,33-36,38,49-50,55H,13,18-22H2,1-6H3,(H,46,52)/t28?,29-,30+,31-,33+,34-,35-,36-,38-,43-,44-,45-/m1/s1. The second-order valence-corrected chi connectivity index (χ2v) is 17.5. The topological polar surface area (TPSA) is 231 Å². The van der Waals surface area contributed by atoms with Crippen molar-refractivity contribution in [1.29, 1.82) is 0 Å². The van der Waals surface area contributed by atoms with Crippen LogP contribution in [0.25, 0.3) is 0 Å². The highest BCUT2D eigenvalue weighted by Gasteiger charge is 2.78. The van der Waals surface area contributed by atoms with E-state index >= 15 is 4.79 Å². The minimum atomic E-state index is -2.38. The molecule has 0 radical (unpaired) electrons. The molecule has 61 heavy (non-hydrogen) atoms. The van der Waals surface area contributed by atoms with E-state index in [1.165, 1.54) is 26.0 Å². The quantitative estimate of drug-likeness (QED) is 0.153. The molecule has 4 fully saturated rings. The van der Waals surface area contributed by atoms with Crippen LogP contribution in [0.15, 0.2) is 71.8 Å². The number of carbonyl (C=O) groups excluding carboxylic acids is 6. The number of ketones is 1. The van der Waals surface area contributed by atoms with Gasteiger partial charge in [-0.2, -0.15) is 0 Å². The fraction of sp³-hybridized carbons (Fsp3) is 0.556. The van der Waals surface area contributed by atoms with Crippen molar-refractivity contribution in [3.8, 4) is 0 Å². The van der Waals surface area contributed by atoms with Crippen LogP contribution in [0.2, 0.25) is 0 Å². The second kappa shape index (κ2) is 16.4. The molecule has 0 aromatic heterocycles. The first-order chi connectivity index (χ1) is 28.8. The normalized spacial score (nSPS) is 34.8. The summed E-state index contributed by atoms with van der Waals surface area (Å²) >= 11 is 0. The molecule has 4 N–H and O–H groups in total. The van der Waals surface area contributed by atoms with Crippen molar-refractivity contribution in [2.24, 2.45) is 16.7 Å². The lowest BCUT2D eigenvalue weighted by Gasteiger charge is -2.67. The Bertz CT molecular complexity index is 2100. The number of amides is 1. The summed E-state index contributed by atoms with van der Waals surface area (Å²) in [7, 11) is 0. The Labute approximate surface area is 352 Å². The van der Waals surface area contributed by atoms with Gasteiger partial charge >= 0.3 is 23.9 Å². The number of hydrogen-bond donors (Lipinski definition) is 4. The smallest absolute Gasteiger partial charge is 0.338 e. The molecule has 0 spiro atoms. The number of ether oxygens (including phenoxy) is 6. The van der Waals surface area contributed by atoms with Gasteiger partial charge in [0.1, 0.15) is 30.0 Å². The number of nitrogens with one attached hydrogen (secondary N) is 1. The first-order valence-electron chi connectivity index (χ1n) is 20.5. The van der Waals surface area contributed by atoms with Crippen LogP contribution in [-0.2, 0) is 52.4 Å². The molecule has 2 saturated carbocycles. The molecule has 12 atom stereocenters. The molecule has 2 saturated heterocycles. The van der Waals surface area contributed by atoms with Crippen LogP contribution < -0.4 is 5.32 Å². The molecule has 5 aliphatic rings. The van der Waals surface area contributed by atoms with Crippen LogP contribution in [0.5, 0.6) is 0 Å². The summed E-state index contributed by atoms with van der Waals surface area (Å²) in [6.45, 7) is 8.36. The zero-order chi connectivity index (χ0) is 44.2. The summed E-state index contributed by atoms with van der Waals surface area (Å²) in [6.07, 6.45) is -10.2. The number of aliphatic hydroxyl groups is 3. The van der Waals surface area contributed by atoms with E-state index in [2.05, 4.69) is 5.32 Å². The van der Waals surface area contributed by atoms with E-state index in [0.29, 0.717) is 25.0 Å². The first-order valence-corrected chi connectivity index (χ1v) is 20.5. The highest BCUT2D eigenvalue weighted by molar-refractivity contribution is 5.95. The summed E-state index contributed by atoms with van der Waals surface area (Å²) in [5.41, 5.74) is -7.23. The van der Waals surface area contributed by atoms with Crippen LogP contribution in [0, 0.1) is 16.7 Å². The van der Waals surface area contributed by atoms with E-state index in [4.69, 9.17) is 28.4 Å². The molecular weight excluding hydrogens is 794 g/mol. The zero-order valence-electron chi connectivity index (χ0n) is 35.0. The maximum absolute atomic E-state index is 15.5. The van der Waals surface area contributed by atoms with Gasteiger partial charge in [0.25, 0.3) is 0 Å². The average molecular weight is 848 g/mol. The predicted molar refractivity (Wildman–Crippen MR) is 211 cm³/mol. The van der Waals surface area contributed by atoms with Gasteiger partial charge in [-0.25, -0.2) is 9.59 Å². The maximum Gasteiger partial charge on any atom is 0.338 e. The van der Waals surface area contributed by atoms with E-state index < -0.39 is 119 Å². The molecule has 3 aliphatic carbocycles. The Kier molecular flexibility index (Phi) is 11.8. The van der Waals surface area contributed by atoms with Gasteiger partial charge in [0.05, 0.1) is 35.6 Å². The fourth-order valence-corrected chi connectivity index (χ4v) is 10.4. The average Bonchev–Trinajstić information content (AvgIpc) is 3.77. The molecule has 328 valence electrons. The van der Waals surface area contributed by atoms with Crippen molar-refractivity contribution in [2.75, 3.05) is 13.2 Å². The Hall–Kier alpha value is -5.00. The molecule has 7 rings (SSSR count). The highest BCUT2D eigenvalue weighted by Crippen LogP contribution is 2.64. The number of aliphatic hydroxyl groups excluding tert-OH is 2. The van der Waals surface area contributed by atoms with Crippen molar-refractivity contribution < 1.29 is 72.5 Å². The van der Waals surface area contributed by atoms with Gasteiger partial charge < -0.3 is 49.1 Å². The minimum absolute atomic E-state index is 0.00110. The van der Waals surface area contributed by atoms with Gasteiger partial charge in [-0.3, -0.25) is 19.2 Å². The van der Waals surface area contributed by atoms with Crippen LogP contribution in [0.3, 0.4) is 0 Å². The van der Waals surface area contributed by atoms with E-state index in [9.17, 15) is 39.3 Å². The lowest BCUT2D eigenvalue weighted by atomic mass is 9.44. The Balaban J connectivity index is 1.38. The molecule has 1 amide bonds. The maximum atomic E-state index is 15.5. The second-order valence-electron chi connectivity index (χ2n) is 17.5. The summed E-state index contributed by atoms with van der Waals surface area (Å²) in [5, 5.41) is 40.2. The van der Waals surface area contributed by atoms with Gasteiger partial charge in [-0.15, -0.1) is 0 Å². The van der Waals surface area contributed by atoms with E-state index in [0.717, 1.165) is 13.8 Å². The molecule has 2 bridgehead atoms. The third-order valence-electron chi connectivity index (χ3n) is 13.7. The summed E-state index contributed by atoms with van der Waals surface area (Å²) < 4.78 is 35.8. The van der Waals surface area contributed by atoms with Crippen LogP contribution in [0.4, 0.5) is 0 Å². The van der Waals surface area contributed by atoms with E-state index in [1.807, 2.05) is 0 Å². The molecule has 1 unspecified atom stereocenters. The van der Waals surface area contributed by atoms with Crippen molar-refractivity contribution in [2.45, 2.75) is 127 Å². The van der Waals surface area contributed by atoms with Gasteiger partial charge in [0.15, 0.2) is 23.6 Å². The Morgan fingerprint density at radius 2 is 1.56 bits per heavy atom. The van der Waals surface area contributed by atoms with Gasteiger partial charge in [-0.1, -0.05) is 62.4 Å². The summed E-state index contributed by atoms with van der Waals surface area (Å²) in [6, 6.07) is 14.8. The van der Waals surface area contributed by atoms with Crippen LogP contribution >= 0.6 is 0 Å². The third kappa shape index (κ3) is 7.35. The molecule has 2 aromatic carbocycles. The number of Topliss-reactive ketones (excluding diaryl/α,β-unsaturated/α-hetero) is 1. The fourth-order valence-electron chi connectivity index (χ4n) is 10.4. The first kappa shape index (κ1) is 44.1. The van der Waals surface area contributed by atoms with Crippen molar-refractivity contribution >= 4 is 35.6 Å². The molecule has 16 nitrogen and oxygen atoms in total. The molecule has 2 heterocycles. The van der Waals surface area contributed by atoms with Crippen molar-refractivity contribution in [3.05, 3.63) is 82.9 Å². The predicted octanol–water partition coefficient (Wildman–Crippen LogP) is 2.60. The number of fused-ring (bicyclic) bond motifs is 5. The van der Waals surface area contributed by atoms with E-state index in [-0.39, 0.29) is 29.7 Å². The van der Waals surface area contributed by atoms with Gasteiger partial charge in [0.2, 0.25) is 5.91 Å².